The number of benzene rings is 1. The van der Waals surface area contributed by atoms with Gasteiger partial charge in [0.2, 0.25) is 0 Å². The number of halogens is 1. The molecule has 2 N–H and O–H groups in total. The van der Waals surface area contributed by atoms with Crippen LogP contribution in [0.4, 0.5) is 4.39 Å². The number of phenols is 1. The molecule has 0 saturated heterocycles. The number of aliphatic carboxylic acids is 1. The quantitative estimate of drug-likeness (QED) is 0.773. The Morgan fingerprint density at radius 3 is 2.47 bits per heavy atom. The highest BCUT2D eigenvalue weighted by Gasteiger charge is 2.11. The van der Waals surface area contributed by atoms with Gasteiger partial charge in [-0.3, -0.25) is 9.69 Å². The van der Waals surface area contributed by atoms with Gasteiger partial charge in [-0.05, 0) is 31.8 Å². The van der Waals surface area contributed by atoms with Gasteiger partial charge in [-0.2, -0.15) is 0 Å². The standard InChI is InChI=1S/C13H19FN2O3/c1-15(2)3-4-16(9-13(18)19)8-10-5-11(14)7-12(17)6-10/h5-7,17H,3-4,8-9H2,1-2H3,(H,18,19). The number of hydrogen-bond acceptors (Lipinski definition) is 4. The molecule has 5 nitrogen and oxygen atoms in total. The van der Waals surface area contributed by atoms with Gasteiger partial charge >= 0.3 is 5.97 Å². The van der Waals surface area contributed by atoms with Crippen LogP contribution in [0.25, 0.3) is 0 Å². The fourth-order valence-corrected chi connectivity index (χ4v) is 1.73. The maximum Gasteiger partial charge on any atom is 0.317 e. The van der Waals surface area contributed by atoms with Crippen molar-refractivity contribution in [3.05, 3.63) is 29.6 Å². The van der Waals surface area contributed by atoms with Gasteiger partial charge in [0.1, 0.15) is 11.6 Å². The average Bonchev–Trinajstić information content (AvgIpc) is 2.23. The second-order valence-electron chi connectivity index (χ2n) is 4.73. The molecule has 0 aliphatic carbocycles. The minimum absolute atomic E-state index is 0.120. The third-order valence-electron chi connectivity index (χ3n) is 2.57. The lowest BCUT2D eigenvalue weighted by atomic mass is 10.2. The molecule has 0 radical (unpaired) electrons. The normalized spacial score (nSPS) is 11.2. The molecule has 0 atom stereocenters. The predicted molar refractivity (Wildman–Crippen MR) is 69.5 cm³/mol. The third-order valence-corrected chi connectivity index (χ3v) is 2.57. The van der Waals surface area contributed by atoms with E-state index in [1.54, 1.807) is 4.90 Å². The van der Waals surface area contributed by atoms with E-state index in [0.717, 1.165) is 6.07 Å². The zero-order valence-corrected chi connectivity index (χ0v) is 11.1. The number of rotatable bonds is 7. The van der Waals surface area contributed by atoms with E-state index in [1.807, 2.05) is 19.0 Å². The van der Waals surface area contributed by atoms with Crippen molar-refractivity contribution >= 4 is 5.97 Å². The number of carbonyl (C=O) groups is 1. The van der Waals surface area contributed by atoms with Crippen LogP contribution < -0.4 is 0 Å². The monoisotopic (exact) mass is 270 g/mol. The van der Waals surface area contributed by atoms with Crippen molar-refractivity contribution in [2.75, 3.05) is 33.7 Å². The topological polar surface area (TPSA) is 64.0 Å². The first-order valence-electron chi connectivity index (χ1n) is 5.94. The molecule has 0 heterocycles. The smallest absolute Gasteiger partial charge is 0.317 e. The summed E-state index contributed by atoms with van der Waals surface area (Å²) in [5.41, 5.74) is 0.553. The van der Waals surface area contributed by atoms with Gasteiger partial charge in [-0.25, -0.2) is 4.39 Å². The number of hydrogen-bond donors (Lipinski definition) is 2. The molecule has 6 heteroatoms. The van der Waals surface area contributed by atoms with Gasteiger partial charge in [0.15, 0.2) is 0 Å². The van der Waals surface area contributed by atoms with Gasteiger partial charge < -0.3 is 15.1 Å². The first-order valence-corrected chi connectivity index (χ1v) is 5.94. The Balaban J connectivity index is 2.71. The Morgan fingerprint density at radius 1 is 1.26 bits per heavy atom. The summed E-state index contributed by atoms with van der Waals surface area (Å²) in [5, 5.41) is 18.2. The van der Waals surface area contributed by atoms with Gasteiger partial charge in [-0.15, -0.1) is 0 Å². The van der Waals surface area contributed by atoms with E-state index in [4.69, 9.17) is 5.11 Å². The molecular formula is C13H19FN2O3. The lowest BCUT2D eigenvalue weighted by Gasteiger charge is -2.22. The highest BCUT2D eigenvalue weighted by atomic mass is 19.1. The Bertz CT molecular complexity index is 418. The van der Waals surface area contributed by atoms with E-state index in [2.05, 4.69) is 0 Å². The minimum atomic E-state index is -0.931. The fourth-order valence-electron chi connectivity index (χ4n) is 1.73. The number of likely N-dealkylation sites (N-methyl/N-ethyl adjacent to an activating group) is 1. The number of aromatic hydroxyl groups is 1. The summed E-state index contributed by atoms with van der Waals surface area (Å²) in [6, 6.07) is 3.75. The Labute approximate surface area is 111 Å². The van der Waals surface area contributed by atoms with Crippen molar-refractivity contribution < 1.29 is 19.4 Å². The molecule has 106 valence electrons. The van der Waals surface area contributed by atoms with Crippen LogP contribution in [-0.4, -0.2) is 59.7 Å². The van der Waals surface area contributed by atoms with Gasteiger partial charge in [0.25, 0.3) is 0 Å². The molecule has 0 unspecified atom stereocenters. The Kier molecular flexibility index (Phi) is 5.72. The van der Waals surface area contributed by atoms with Crippen LogP contribution in [0.15, 0.2) is 18.2 Å². The first kappa shape index (κ1) is 15.4. The van der Waals surface area contributed by atoms with Crippen molar-refractivity contribution in [2.24, 2.45) is 0 Å². The SMILES string of the molecule is CN(C)CCN(CC(=O)O)Cc1cc(O)cc(F)c1. The molecule has 1 aromatic rings. The van der Waals surface area contributed by atoms with Crippen LogP contribution in [0.5, 0.6) is 5.75 Å². The summed E-state index contributed by atoms with van der Waals surface area (Å²) in [6.45, 7) is 1.42. The van der Waals surface area contributed by atoms with Crippen LogP contribution in [0, 0.1) is 5.82 Å². The molecule has 0 bridgehead atoms. The molecule has 0 aromatic heterocycles. The highest BCUT2D eigenvalue weighted by Crippen LogP contribution is 2.16. The summed E-state index contributed by atoms with van der Waals surface area (Å²) >= 11 is 0. The third kappa shape index (κ3) is 6.17. The van der Waals surface area contributed by atoms with Crippen LogP contribution in [0.2, 0.25) is 0 Å². The van der Waals surface area contributed by atoms with Gasteiger partial charge in [-0.1, -0.05) is 0 Å². The van der Waals surface area contributed by atoms with E-state index in [-0.39, 0.29) is 18.8 Å². The van der Waals surface area contributed by atoms with Crippen molar-refractivity contribution in [1.82, 2.24) is 9.80 Å². The molecule has 0 amide bonds. The average molecular weight is 270 g/mol. The molecule has 0 saturated carbocycles. The molecule has 0 spiro atoms. The maximum atomic E-state index is 13.2. The summed E-state index contributed by atoms with van der Waals surface area (Å²) in [7, 11) is 3.79. The fraction of sp³-hybridized carbons (Fsp3) is 0.462. The van der Waals surface area contributed by atoms with E-state index < -0.39 is 11.8 Å². The molecule has 1 aromatic carbocycles. The van der Waals surface area contributed by atoms with Crippen molar-refractivity contribution in [1.29, 1.82) is 0 Å². The van der Waals surface area contributed by atoms with E-state index in [1.165, 1.54) is 12.1 Å². The summed E-state index contributed by atoms with van der Waals surface area (Å²) < 4.78 is 13.2. The van der Waals surface area contributed by atoms with Gasteiger partial charge in [0, 0.05) is 25.7 Å². The van der Waals surface area contributed by atoms with Crippen molar-refractivity contribution in [2.45, 2.75) is 6.54 Å². The molecule has 0 aliphatic heterocycles. The maximum absolute atomic E-state index is 13.2. The summed E-state index contributed by atoms with van der Waals surface area (Å²) in [6.07, 6.45) is 0. The van der Waals surface area contributed by atoms with Crippen LogP contribution >= 0.6 is 0 Å². The molecule has 19 heavy (non-hydrogen) atoms. The number of carboxylic acids is 1. The van der Waals surface area contributed by atoms with Crippen molar-refractivity contribution in [3.63, 3.8) is 0 Å². The van der Waals surface area contributed by atoms with Gasteiger partial charge in [0.05, 0.1) is 6.54 Å². The van der Waals surface area contributed by atoms with Crippen LogP contribution in [0.3, 0.4) is 0 Å². The van der Waals surface area contributed by atoms with Crippen LogP contribution in [-0.2, 0) is 11.3 Å². The number of nitrogens with zero attached hydrogens (tertiary/aromatic N) is 2. The first-order chi connectivity index (χ1) is 8.86. The second-order valence-corrected chi connectivity index (χ2v) is 4.73. The van der Waals surface area contributed by atoms with E-state index in [9.17, 15) is 14.3 Å². The zero-order valence-electron chi connectivity index (χ0n) is 11.1. The number of phenolic OH excluding ortho intramolecular Hbond substituents is 1. The summed E-state index contributed by atoms with van der Waals surface area (Å²) in [5.74, 6) is -1.62. The molecule has 0 fully saturated rings. The van der Waals surface area contributed by atoms with Crippen LogP contribution in [0.1, 0.15) is 5.56 Å². The lowest BCUT2D eigenvalue weighted by molar-refractivity contribution is -0.138. The second kappa shape index (κ2) is 7.06. The minimum Gasteiger partial charge on any atom is -0.508 e. The zero-order chi connectivity index (χ0) is 14.4. The predicted octanol–water partition coefficient (Wildman–Crippen LogP) is 0.980. The molecular weight excluding hydrogens is 251 g/mol. The Hall–Kier alpha value is -1.66. The largest absolute Gasteiger partial charge is 0.508 e. The molecule has 1 rings (SSSR count). The number of carboxylic acid groups (broad SMARTS) is 1. The lowest BCUT2D eigenvalue weighted by Crippen LogP contribution is -2.35. The van der Waals surface area contributed by atoms with Crippen molar-refractivity contribution in [3.8, 4) is 5.75 Å². The highest BCUT2D eigenvalue weighted by molar-refractivity contribution is 5.69. The molecule has 0 aliphatic rings. The van der Waals surface area contributed by atoms with E-state index >= 15 is 0 Å². The van der Waals surface area contributed by atoms with E-state index in [0.29, 0.717) is 18.7 Å². The summed E-state index contributed by atoms with van der Waals surface area (Å²) in [4.78, 5) is 14.4. The Morgan fingerprint density at radius 2 is 1.95 bits per heavy atom.